The summed E-state index contributed by atoms with van der Waals surface area (Å²) < 4.78 is 13.2. The summed E-state index contributed by atoms with van der Waals surface area (Å²) in [6.45, 7) is 3.87. The van der Waals surface area contributed by atoms with E-state index in [1.165, 1.54) is 0 Å². The third-order valence-electron chi connectivity index (χ3n) is 3.84. The Balaban J connectivity index is 2.18. The van der Waals surface area contributed by atoms with Crippen molar-refractivity contribution in [3.63, 3.8) is 0 Å². The molecule has 1 heterocycles. The molecule has 0 aliphatic carbocycles. The molecular formula is C17H22BrN3O3. The van der Waals surface area contributed by atoms with E-state index in [9.17, 15) is 4.79 Å². The van der Waals surface area contributed by atoms with Crippen LogP contribution in [0.5, 0.6) is 11.5 Å². The van der Waals surface area contributed by atoms with Gasteiger partial charge in [0.15, 0.2) is 0 Å². The van der Waals surface area contributed by atoms with Crippen molar-refractivity contribution in [3.05, 3.63) is 40.6 Å². The fraction of sp³-hybridized carbons (Fsp3) is 0.412. The van der Waals surface area contributed by atoms with E-state index in [1.807, 2.05) is 32.0 Å². The zero-order valence-electron chi connectivity index (χ0n) is 14.2. The maximum atomic E-state index is 12.7. The van der Waals surface area contributed by atoms with Crippen LogP contribution in [0.3, 0.4) is 0 Å². The molecule has 2 aromatic rings. The molecule has 24 heavy (non-hydrogen) atoms. The molecular weight excluding hydrogens is 374 g/mol. The lowest BCUT2D eigenvalue weighted by atomic mass is 10.1. The second kappa shape index (κ2) is 8.19. The van der Waals surface area contributed by atoms with Crippen molar-refractivity contribution in [1.82, 2.24) is 15.1 Å². The fourth-order valence-electron chi connectivity index (χ4n) is 2.54. The van der Waals surface area contributed by atoms with Gasteiger partial charge >= 0.3 is 0 Å². The Hall–Kier alpha value is -2.02. The molecule has 2 rings (SSSR count). The van der Waals surface area contributed by atoms with Crippen molar-refractivity contribution in [2.24, 2.45) is 0 Å². The van der Waals surface area contributed by atoms with Gasteiger partial charge in [0, 0.05) is 11.8 Å². The Labute approximate surface area is 150 Å². The molecule has 0 saturated heterocycles. The van der Waals surface area contributed by atoms with Crippen molar-refractivity contribution < 1.29 is 14.3 Å². The Morgan fingerprint density at radius 3 is 2.67 bits per heavy atom. The van der Waals surface area contributed by atoms with Gasteiger partial charge in [0.05, 0.1) is 30.9 Å². The zero-order valence-corrected chi connectivity index (χ0v) is 15.8. The van der Waals surface area contributed by atoms with Crippen molar-refractivity contribution in [2.45, 2.75) is 32.4 Å². The van der Waals surface area contributed by atoms with E-state index < -0.39 is 0 Å². The molecule has 7 heteroatoms. The Bertz CT molecular complexity index is 702. The number of carbonyl (C=O) groups is 1. The van der Waals surface area contributed by atoms with E-state index in [1.54, 1.807) is 31.3 Å². The highest BCUT2D eigenvalue weighted by atomic mass is 79.9. The number of aromatic nitrogens is 2. The van der Waals surface area contributed by atoms with Crippen LogP contribution in [-0.4, -0.2) is 29.9 Å². The van der Waals surface area contributed by atoms with E-state index in [0.29, 0.717) is 12.2 Å². The molecule has 1 aromatic carbocycles. The second-order valence-electron chi connectivity index (χ2n) is 5.40. The summed E-state index contributed by atoms with van der Waals surface area (Å²) in [5.74, 6) is 1.33. The summed E-state index contributed by atoms with van der Waals surface area (Å²) in [6.07, 6.45) is 4.11. The number of carbonyl (C=O) groups excluding carboxylic acids is 1. The number of rotatable bonds is 7. The maximum absolute atomic E-state index is 12.7. The third kappa shape index (κ3) is 4.08. The number of benzene rings is 1. The van der Waals surface area contributed by atoms with Crippen molar-refractivity contribution in [2.75, 3.05) is 14.2 Å². The van der Waals surface area contributed by atoms with Crippen LogP contribution >= 0.6 is 15.9 Å². The largest absolute Gasteiger partial charge is 0.497 e. The van der Waals surface area contributed by atoms with Crippen LogP contribution in [0.1, 0.15) is 37.9 Å². The normalized spacial score (nSPS) is 13.2. The predicted octanol–water partition coefficient (Wildman–Crippen LogP) is 3.49. The summed E-state index contributed by atoms with van der Waals surface area (Å²) in [5, 5.41) is 7.24. The molecule has 2 unspecified atom stereocenters. The molecule has 0 radical (unpaired) electrons. The van der Waals surface area contributed by atoms with Gasteiger partial charge in [-0.15, -0.1) is 0 Å². The number of ether oxygens (including phenoxy) is 2. The number of hydrogen-bond acceptors (Lipinski definition) is 4. The van der Waals surface area contributed by atoms with Crippen molar-refractivity contribution in [3.8, 4) is 11.5 Å². The first-order valence-corrected chi connectivity index (χ1v) is 8.51. The molecule has 0 saturated carbocycles. The van der Waals surface area contributed by atoms with Crippen molar-refractivity contribution in [1.29, 1.82) is 0 Å². The van der Waals surface area contributed by atoms with Gasteiger partial charge in [0.2, 0.25) is 5.91 Å². The van der Waals surface area contributed by atoms with E-state index in [2.05, 4.69) is 26.3 Å². The van der Waals surface area contributed by atoms with Gasteiger partial charge in [-0.1, -0.05) is 6.92 Å². The number of amides is 1. The predicted molar refractivity (Wildman–Crippen MR) is 95.4 cm³/mol. The summed E-state index contributed by atoms with van der Waals surface area (Å²) in [7, 11) is 3.22. The van der Waals surface area contributed by atoms with Gasteiger partial charge in [-0.25, -0.2) is 0 Å². The Morgan fingerprint density at radius 2 is 2.12 bits per heavy atom. The van der Waals surface area contributed by atoms with Crippen LogP contribution in [0.2, 0.25) is 0 Å². The lowest BCUT2D eigenvalue weighted by molar-refractivity contribution is -0.125. The lowest BCUT2D eigenvalue weighted by Gasteiger charge is -2.21. The first kappa shape index (κ1) is 18.3. The number of hydrogen-bond donors (Lipinski definition) is 1. The maximum Gasteiger partial charge on any atom is 0.245 e. The topological polar surface area (TPSA) is 65.4 Å². The molecule has 6 nitrogen and oxygen atoms in total. The lowest BCUT2D eigenvalue weighted by Crippen LogP contribution is -2.34. The minimum Gasteiger partial charge on any atom is -0.497 e. The average molecular weight is 396 g/mol. The Kier molecular flexibility index (Phi) is 6.25. The highest BCUT2D eigenvalue weighted by molar-refractivity contribution is 9.10. The van der Waals surface area contributed by atoms with E-state index in [4.69, 9.17) is 9.47 Å². The van der Waals surface area contributed by atoms with Gasteiger partial charge < -0.3 is 14.8 Å². The van der Waals surface area contributed by atoms with Gasteiger partial charge in [-0.2, -0.15) is 5.10 Å². The summed E-state index contributed by atoms with van der Waals surface area (Å²) in [6, 6.07) is 4.94. The summed E-state index contributed by atoms with van der Waals surface area (Å²) >= 11 is 3.36. The molecule has 2 atom stereocenters. The highest BCUT2D eigenvalue weighted by Gasteiger charge is 2.23. The molecule has 0 fully saturated rings. The molecule has 0 aliphatic rings. The summed E-state index contributed by atoms with van der Waals surface area (Å²) in [5.41, 5.74) is 0.863. The first-order chi connectivity index (χ1) is 11.5. The number of nitrogens with one attached hydrogen (secondary N) is 1. The molecule has 0 bridgehead atoms. The number of nitrogens with zero attached hydrogens (tertiary/aromatic N) is 2. The molecule has 1 aromatic heterocycles. The van der Waals surface area contributed by atoms with Gasteiger partial charge in [-0.3, -0.25) is 9.48 Å². The van der Waals surface area contributed by atoms with Crippen molar-refractivity contribution >= 4 is 21.8 Å². The van der Waals surface area contributed by atoms with Crippen LogP contribution in [0.15, 0.2) is 35.1 Å². The quantitative estimate of drug-likeness (QED) is 0.778. The van der Waals surface area contributed by atoms with E-state index >= 15 is 0 Å². The van der Waals surface area contributed by atoms with E-state index in [-0.39, 0.29) is 18.0 Å². The van der Waals surface area contributed by atoms with E-state index in [0.717, 1.165) is 15.8 Å². The van der Waals surface area contributed by atoms with Crippen LogP contribution < -0.4 is 14.8 Å². The number of halogens is 1. The van der Waals surface area contributed by atoms with Gasteiger partial charge in [-0.05, 0) is 47.5 Å². The van der Waals surface area contributed by atoms with Gasteiger partial charge in [0.25, 0.3) is 0 Å². The van der Waals surface area contributed by atoms with Crippen LogP contribution in [0.25, 0.3) is 0 Å². The highest BCUT2D eigenvalue weighted by Crippen LogP contribution is 2.29. The molecule has 0 aliphatic heterocycles. The smallest absolute Gasteiger partial charge is 0.245 e. The van der Waals surface area contributed by atoms with Gasteiger partial charge in [0.1, 0.15) is 17.5 Å². The second-order valence-corrected chi connectivity index (χ2v) is 6.32. The Morgan fingerprint density at radius 1 is 1.38 bits per heavy atom. The van der Waals surface area contributed by atoms with Crippen LogP contribution in [0, 0.1) is 0 Å². The molecule has 130 valence electrons. The molecule has 1 amide bonds. The fourth-order valence-corrected chi connectivity index (χ4v) is 2.84. The third-order valence-corrected chi connectivity index (χ3v) is 4.25. The average Bonchev–Trinajstić information content (AvgIpc) is 3.00. The minimum atomic E-state index is -0.365. The van der Waals surface area contributed by atoms with Crippen LogP contribution in [-0.2, 0) is 4.79 Å². The molecule has 1 N–H and O–H groups in total. The van der Waals surface area contributed by atoms with Crippen LogP contribution in [0.4, 0.5) is 0 Å². The first-order valence-electron chi connectivity index (χ1n) is 7.72. The number of methoxy groups -OCH3 is 2. The monoisotopic (exact) mass is 395 g/mol. The molecule has 0 spiro atoms. The summed E-state index contributed by atoms with van der Waals surface area (Å²) in [4.78, 5) is 12.7. The standard InChI is InChI=1S/C17H22BrN3O3/c1-5-15(21-10-12(18)9-19-21)17(22)20-11(2)14-8-13(23-3)6-7-16(14)24-4/h6-11,15H,5H2,1-4H3,(H,20,22). The zero-order chi connectivity index (χ0) is 17.7. The SMILES string of the molecule is CCC(C(=O)NC(C)c1cc(OC)ccc1OC)n1cc(Br)cn1. The minimum absolute atomic E-state index is 0.0922.